The second-order valence-electron chi connectivity index (χ2n) is 7.14. The van der Waals surface area contributed by atoms with Gasteiger partial charge in [0.05, 0.1) is 31.1 Å². The van der Waals surface area contributed by atoms with E-state index in [1.54, 1.807) is 17.5 Å². The van der Waals surface area contributed by atoms with Gasteiger partial charge < -0.3 is 20.3 Å². The highest BCUT2D eigenvalue weighted by Gasteiger charge is 2.28. The summed E-state index contributed by atoms with van der Waals surface area (Å²) in [6.07, 6.45) is 6.59. The van der Waals surface area contributed by atoms with Crippen molar-refractivity contribution < 1.29 is 9.53 Å². The molecular weight excluding hydrogens is 360 g/mol. The normalized spacial score (nSPS) is 19.0. The lowest BCUT2D eigenvalue weighted by molar-refractivity contribution is 0.122. The van der Waals surface area contributed by atoms with E-state index in [1.165, 1.54) is 30.6 Å². The van der Waals surface area contributed by atoms with Crippen LogP contribution in [0, 0.1) is 5.92 Å². The van der Waals surface area contributed by atoms with Gasteiger partial charge in [-0.2, -0.15) is 0 Å². The predicted molar refractivity (Wildman–Crippen MR) is 108 cm³/mol. The van der Waals surface area contributed by atoms with Gasteiger partial charge in [-0.15, -0.1) is 11.3 Å². The molecule has 1 saturated heterocycles. The van der Waals surface area contributed by atoms with E-state index in [2.05, 4.69) is 38.0 Å². The second kappa shape index (κ2) is 8.71. The number of morpholine rings is 1. The monoisotopic (exact) mass is 386 g/mol. The van der Waals surface area contributed by atoms with E-state index in [1.807, 2.05) is 12.1 Å². The smallest absolute Gasteiger partial charge is 0.319 e. The van der Waals surface area contributed by atoms with Crippen molar-refractivity contribution in [1.82, 2.24) is 10.3 Å². The van der Waals surface area contributed by atoms with Crippen LogP contribution in [-0.4, -0.2) is 37.3 Å². The van der Waals surface area contributed by atoms with Gasteiger partial charge in [-0.1, -0.05) is 18.9 Å². The predicted octanol–water partition coefficient (Wildman–Crippen LogP) is 4.03. The summed E-state index contributed by atoms with van der Waals surface area (Å²) in [6, 6.07) is 7.96. The van der Waals surface area contributed by atoms with E-state index < -0.39 is 0 Å². The van der Waals surface area contributed by atoms with Gasteiger partial charge in [0.15, 0.2) is 0 Å². The van der Waals surface area contributed by atoms with Gasteiger partial charge in [0.25, 0.3) is 0 Å². The number of carbonyl (C=O) groups excluding carboxylic acids is 1. The minimum absolute atomic E-state index is 0.0908. The molecule has 27 heavy (non-hydrogen) atoms. The fraction of sp³-hybridized carbons (Fsp3) is 0.500. The molecule has 3 heterocycles. The van der Waals surface area contributed by atoms with Gasteiger partial charge in [-0.05, 0) is 42.3 Å². The maximum Gasteiger partial charge on any atom is 0.319 e. The van der Waals surface area contributed by atoms with E-state index in [9.17, 15) is 4.79 Å². The van der Waals surface area contributed by atoms with Crippen LogP contribution in [-0.2, 0) is 4.74 Å². The van der Waals surface area contributed by atoms with Gasteiger partial charge in [0.2, 0.25) is 0 Å². The first kappa shape index (κ1) is 18.3. The number of amides is 2. The first-order valence-electron chi connectivity index (χ1n) is 9.69. The van der Waals surface area contributed by atoms with E-state index in [-0.39, 0.29) is 12.1 Å². The van der Waals surface area contributed by atoms with Crippen molar-refractivity contribution in [2.24, 2.45) is 5.92 Å². The average molecular weight is 387 g/mol. The number of hydrogen-bond donors (Lipinski definition) is 2. The Morgan fingerprint density at radius 2 is 2.04 bits per heavy atom. The van der Waals surface area contributed by atoms with Crippen molar-refractivity contribution in [3.63, 3.8) is 0 Å². The Morgan fingerprint density at radius 3 is 2.70 bits per heavy atom. The van der Waals surface area contributed by atoms with Crippen molar-refractivity contribution in [1.29, 1.82) is 0 Å². The van der Waals surface area contributed by atoms with Crippen LogP contribution in [0.1, 0.15) is 36.6 Å². The molecule has 144 valence electrons. The maximum atomic E-state index is 12.6. The molecule has 2 aromatic heterocycles. The molecule has 1 aliphatic heterocycles. The molecule has 0 aromatic carbocycles. The summed E-state index contributed by atoms with van der Waals surface area (Å²) in [5.41, 5.74) is 0.709. The highest BCUT2D eigenvalue weighted by Crippen LogP contribution is 2.37. The highest BCUT2D eigenvalue weighted by atomic mass is 32.1. The molecule has 7 heteroatoms. The van der Waals surface area contributed by atoms with Crippen molar-refractivity contribution in [3.8, 4) is 0 Å². The lowest BCUT2D eigenvalue weighted by Gasteiger charge is -2.27. The Kier molecular flexibility index (Phi) is 5.89. The van der Waals surface area contributed by atoms with Gasteiger partial charge in [0.1, 0.15) is 5.82 Å². The third-order valence-electron chi connectivity index (χ3n) is 5.35. The fourth-order valence-electron chi connectivity index (χ4n) is 3.93. The average Bonchev–Trinajstić information content (AvgIpc) is 3.42. The van der Waals surface area contributed by atoms with Crippen LogP contribution in [0.5, 0.6) is 0 Å². The molecule has 0 spiro atoms. The van der Waals surface area contributed by atoms with Crippen LogP contribution in [0.4, 0.5) is 16.3 Å². The number of hydrogen-bond acceptors (Lipinski definition) is 5. The summed E-state index contributed by atoms with van der Waals surface area (Å²) in [6.45, 7) is 3.17. The number of nitrogens with one attached hydrogen (secondary N) is 2. The molecule has 2 fully saturated rings. The summed E-state index contributed by atoms with van der Waals surface area (Å²) in [5, 5.41) is 8.20. The molecule has 1 saturated carbocycles. The van der Waals surface area contributed by atoms with Crippen molar-refractivity contribution in [3.05, 3.63) is 40.7 Å². The zero-order chi connectivity index (χ0) is 18.5. The van der Waals surface area contributed by atoms with Gasteiger partial charge >= 0.3 is 6.03 Å². The molecule has 2 amide bonds. The molecule has 2 aliphatic rings. The number of thiophene rings is 1. The molecule has 2 aromatic rings. The standard InChI is InChI=1S/C20H26N4O2S/c25-20(23-19(15-4-1-2-5-15)17-6-3-13-27-17)22-16-7-8-18(21-14-16)24-9-11-26-12-10-24/h3,6-8,13-15,19H,1-2,4-5,9-12H2,(H2,22,23,25). The van der Waals surface area contributed by atoms with Crippen molar-refractivity contribution in [2.75, 3.05) is 36.5 Å². The molecule has 6 nitrogen and oxygen atoms in total. The van der Waals surface area contributed by atoms with E-state index in [4.69, 9.17) is 4.74 Å². The first-order valence-corrected chi connectivity index (χ1v) is 10.6. The lowest BCUT2D eigenvalue weighted by atomic mass is 9.97. The van der Waals surface area contributed by atoms with E-state index in [0.717, 1.165) is 32.1 Å². The molecular formula is C20H26N4O2S. The topological polar surface area (TPSA) is 66.5 Å². The van der Waals surface area contributed by atoms with Crippen LogP contribution in [0.25, 0.3) is 0 Å². The fourth-order valence-corrected chi connectivity index (χ4v) is 4.80. The molecule has 4 rings (SSSR count). The number of aromatic nitrogens is 1. The zero-order valence-corrected chi connectivity index (χ0v) is 16.2. The summed E-state index contributed by atoms with van der Waals surface area (Å²) in [5.74, 6) is 1.45. The second-order valence-corrected chi connectivity index (χ2v) is 8.12. The van der Waals surface area contributed by atoms with Crippen molar-refractivity contribution in [2.45, 2.75) is 31.7 Å². The van der Waals surface area contributed by atoms with Crippen LogP contribution in [0.15, 0.2) is 35.8 Å². The molecule has 0 bridgehead atoms. The summed E-state index contributed by atoms with van der Waals surface area (Å²) in [4.78, 5) is 20.5. The SMILES string of the molecule is O=C(Nc1ccc(N2CCOCC2)nc1)NC(c1cccs1)C1CCCC1. The van der Waals surface area contributed by atoms with Crippen LogP contribution >= 0.6 is 11.3 Å². The molecule has 1 unspecified atom stereocenters. The Balaban J connectivity index is 1.37. The molecule has 2 N–H and O–H groups in total. The zero-order valence-electron chi connectivity index (χ0n) is 15.4. The number of ether oxygens (including phenoxy) is 1. The number of carbonyl (C=O) groups is 1. The van der Waals surface area contributed by atoms with Crippen LogP contribution < -0.4 is 15.5 Å². The number of pyridine rings is 1. The quantitative estimate of drug-likeness (QED) is 0.814. The summed E-state index contributed by atoms with van der Waals surface area (Å²) >= 11 is 1.71. The Hall–Kier alpha value is -2.12. The Morgan fingerprint density at radius 1 is 1.22 bits per heavy atom. The molecule has 1 aliphatic carbocycles. The number of anilines is 2. The lowest BCUT2D eigenvalue weighted by Crippen LogP contribution is -2.37. The maximum absolute atomic E-state index is 12.6. The van der Waals surface area contributed by atoms with Crippen LogP contribution in [0.3, 0.4) is 0 Å². The highest BCUT2D eigenvalue weighted by molar-refractivity contribution is 7.10. The number of urea groups is 1. The Bertz CT molecular complexity index is 723. The van der Waals surface area contributed by atoms with E-state index >= 15 is 0 Å². The summed E-state index contributed by atoms with van der Waals surface area (Å²) < 4.78 is 5.37. The van der Waals surface area contributed by atoms with Gasteiger partial charge in [0, 0.05) is 18.0 Å². The third kappa shape index (κ3) is 4.59. The third-order valence-corrected chi connectivity index (χ3v) is 6.30. The number of nitrogens with zero attached hydrogens (tertiary/aromatic N) is 2. The molecule has 0 radical (unpaired) electrons. The minimum Gasteiger partial charge on any atom is -0.378 e. The minimum atomic E-state index is -0.166. The van der Waals surface area contributed by atoms with Crippen molar-refractivity contribution >= 4 is 28.9 Å². The Labute approximate surface area is 163 Å². The summed E-state index contributed by atoms with van der Waals surface area (Å²) in [7, 11) is 0. The first-order chi connectivity index (χ1) is 13.3. The van der Waals surface area contributed by atoms with E-state index in [0.29, 0.717) is 11.6 Å². The van der Waals surface area contributed by atoms with Crippen LogP contribution in [0.2, 0.25) is 0 Å². The molecule has 1 atom stereocenters. The number of rotatable bonds is 5. The largest absolute Gasteiger partial charge is 0.378 e. The van der Waals surface area contributed by atoms with Gasteiger partial charge in [-0.3, -0.25) is 0 Å². The van der Waals surface area contributed by atoms with Gasteiger partial charge in [-0.25, -0.2) is 9.78 Å².